The lowest BCUT2D eigenvalue weighted by atomic mass is 9.99. The topological polar surface area (TPSA) is 120 Å². The predicted molar refractivity (Wildman–Crippen MR) is 160 cm³/mol. The molecule has 11 heteroatoms. The Morgan fingerprint density at radius 1 is 1.07 bits per heavy atom. The van der Waals surface area contributed by atoms with E-state index in [4.69, 9.17) is 20.1 Å². The second-order valence-electron chi connectivity index (χ2n) is 11.4. The van der Waals surface area contributed by atoms with Crippen LogP contribution in [0.25, 0.3) is 0 Å². The van der Waals surface area contributed by atoms with Crippen molar-refractivity contribution in [3.63, 3.8) is 0 Å². The minimum absolute atomic E-state index is 0.0187. The molecular weight excluding hydrogens is 510 g/mol. The van der Waals surface area contributed by atoms with E-state index in [1.54, 1.807) is 37.9 Å². The molecule has 0 radical (unpaired) electrons. The van der Waals surface area contributed by atoms with Gasteiger partial charge in [0.1, 0.15) is 13.2 Å². The van der Waals surface area contributed by atoms with Crippen molar-refractivity contribution in [2.75, 3.05) is 33.9 Å². The second-order valence-corrected chi connectivity index (χ2v) is 11.4. The van der Waals surface area contributed by atoms with Gasteiger partial charge in [0.15, 0.2) is 0 Å². The minimum Gasteiger partial charge on any atom is -0.391 e. The normalized spacial score (nSPS) is 18.9. The van der Waals surface area contributed by atoms with Crippen LogP contribution in [0.1, 0.15) is 66.2 Å². The first-order valence-corrected chi connectivity index (χ1v) is 14.0. The summed E-state index contributed by atoms with van der Waals surface area (Å²) in [6.45, 7) is 24.8. The van der Waals surface area contributed by atoms with Gasteiger partial charge in [-0.25, -0.2) is 10.1 Å². The predicted octanol–water partition coefficient (Wildman–Crippen LogP) is 3.53. The molecule has 0 spiro atoms. The largest absolute Gasteiger partial charge is 0.391 e. The van der Waals surface area contributed by atoms with Crippen LogP contribution < -0.4 is 5.32 Å². The molecule has 2 heterocycles. The summed E-state index contributed by atoms with van der Waals surface area (Å²) in [5.74, 6) is 0.732. The van der Waals surface area contributed by atoms with E-state index in [-0.39, 0.29) is 31.3 Å². The standard InChI is InChI=1S/C29H51N7O4/c1-11-12-13-34(26-16-22(4)36(23(5)17-26)40-19-29(7,8)38)27(30)32-28(31-9)33(10)25-14-20(2)35(21(3)15-25)39-18-24(6)37/h24-26,37-38H,2-5,11-19H2,1,6-10H3,(H2,30,31,32). The van der Waals surface area contributed by atoms with Gasteiger partial charge in [-0.2, -0.15) is 4.99 Å². The molecule has 1 atom stereocenters. The fourth-order valence-electron chi connectivity index (χ4n) is 4.71. The van der Waals surface area contributed by atoms with Crippen LogP contribution >= 0.6 is 0 Å². The Bertz CT molecular complexity index is 936. The number of aliphatic hydroxyl groups excluding tert-OH is 1. The number of unbranched alkanes of at least 4 members (excludes halogenated alkanes) is 1. The van der Waals surface area contributed by atoms with Gasteiger partial charge in [-0.3, -0.25) is 15.1 Å². The zero-order valence-corrected chi connectivity index (χ0v) is 25.4. The Balaban J connectivity index is 2.16. The number of nitrogens with one attached hydrogen (secondary N) is 2. The number of guanidine groups is 2. The van der Waals surface area contributed by atoms with E-state index in [9.17, 15) is 10.2 Å². The van der Waals surface area contributed by atoms with E-state index in [0.717, 1.165) is 35.6 Å². The quantitative estimate of drug-likeness (QED) is 0.222. The number of hydrogen-bond acceptors (Lipinski definition) is 7. The third-order valence-corrected chi connectivity index (χ3v) is 6.81. The highest BCUT2D eigenvalue weighted by atomic mass is 16.7. The van der Waals surface area contributed by atoms with E-state index in [0.29, 0.717) is 38.2 Å². The summed E-state index contributed by atoms with van der Waals surface area (Å²) in [5, 5.41) is 35.0. The molecule has 2 fully saturated rings. The average molecular weight is 562 g/mol. The van der Waals surface area contributed by atoms with E-state index in [2.05, 4.69) is 38.6 Å². The van der Waals surface area contributed by atoms with Crippen LogP contribution in [0.4, 0.5) is 0 Å². The Hall–Kier alpha value is -2.86. The lowest BCUT2D eigenvalue weighted by Gasteiger charge is -2.42. The smallest absolute Gasteiger partial charge is 0.221 e. The Morgan fingerprint density at radius 3 is 2.02 bits per heavy atom. The number of hydrogen-bond donors (Lipinski definition) is 4. The van der Waals surface area contributed by atoms with Crippen molar-refractivity contribution in [2.24, 2.45) is 4.99 Å². The average Bonchev–Trinajstić information content (AvgIpc) is 2.85. The molecule has 0 aliphatic carbocycles. The molecule has 1 unspecified atom stereocenters. The molecule has 11 nitrogen and oxygen atoms in total. The monoisotopic (exact) mass is 561 g/mol. The molecule has 2 aliphatic heterocycles. The van der Waals surface area contributed by atoms with Crippen molar-refractivity contribution in [2.45, 2.75) is 90.0 Å². The van der Waals surface area contributed by atoms with E-state index in [1.165, 1.54) is 0 Å². The molecule has 4 N–H and O–H groups in total. The fourth-order valence-corrected chi connectivity index (χ4v) is 4.71. The second kappa shape index (κ2) is 14.7. The summed E-state index contributed by atoms with van der Waals surface area (Å²) in [6, 6.07) is -0.0210. The van der Waals surface area contributed by atoms with Crippen LogP contribution in [0.15, 0.2) is 54.1 Å². The molecule has 40 heavy (non-hydrogen) atoms. The summed E-state index contributed by atoms with van der Waals surface area (Å²) in [4.78, 5) is 20.2. The molecule has 0 saturated carbocycles. The fraction of sp³-hybridized carbons (Fsp3) is 0.655. The molecular formula is C29H51N7O4. The number of hydroxylamine groups is 4. The van der Waals surface area contributed by atoms with Gasteiger partial charge >= 0.3 is 0 Å². The number of piperidine rings is 2. The van der Waals surface area contributed by atoms with Crippen LogP contribution in [0, 0.1) is 5.41 Å². The van der Waals surface area contributed by atoms with Gasteiger partial charge in [-0.1, -0.05) is 39.7 Å². The molecule has 2 rings (SSSR count). The minimum atomic E-state index is -0.975. The molecule has 0 aromatic carbocycles. The van der Waals surface area contributed by atoms with E-state index in [1.807, 2.05) is 16.8 Å². The lowest BCUT2D eigenvalue weighted by molar-refractivity contribution is -0.161. The Kier molecular flexibility index (Phi) is 12.2. The SMILES string of the molecule is C=C1CC(N(CCCC)C(=N)/N=C(\NC)N(C)C2CC(=C)N(OCC(C)O)C(=C)C2)CC(=C)N1OCC(C)(C)O. The van der Waals surface area contributed by atoms with Crippen LogP contribution in [-0.4, -0.2) is 99.7 Å². The van der Waals surface area contributed by atoms with Crippen molar-refractivity contribution < 1.29 is 19.9 Å². The van der Waals surface area contributed by atoms with Gasteiger partial charge in [-0.15, -0.1) is 0 Å². The highest BCUT2D eigenvalue weighted by molar-refractivity contribution is 5.93. The summed E-state index contributed by atoms with van der Waals surface area (Å²) in [6.07, 6.45) is 3.72. The van der Waals surface area contributed by atoms with E-state index < -0.39 is 11.7 Å². The third kappa shape index (κ3) is 9.36. The van der Waals surface area contributed by atoms with Crippen LogP contribution in [-0.2, 0) is 9.68 Å². The molecule has 2 aliphatic rings. The summed E-state index contributed by atoms with van der Waals surface area (Å²) in [5.41, 5.74) is 1.99. The maximum atomic E-state index is 10.1. The highest BCUT2D eigenvalue weighted by Crippen LogP contribution is 2.32. The van der Waals surface area contributed by atoms with Crippen LogP contribution in [0.3, 0.4) is 0 Å². The molecule has 2 saturated heterocycles. The Morgan fingerprint density at radius 2 is 1.57 bits per heavy atom. The number of aliphatic hydroxyl groups is 2. The molecule has 0 aromatic rings. The maximum Gasteiger partial charge on any atom is 0.221 e. The molecule has 0 amide bonds. The summed E-state index contributed by atoms with van der Waals surface area (Å²) in [7, 11) is 3.74. The third-order valence-electron chi connectivity index (χ3n) is 6.81. The summed E-state index contributed by atoms with van der Waals surface area (Å²) < 4.78 is 0. The first kappa shape index (κ1) is 33.3. The van der Waals surface area contributed by atoms with Crippen LogP contribution in [0.2, 0.25) is 0 Å². The first-order chi connectivity index (χ1) is 18.7. The zero-order chi connectivity index (χ0) is 30.2. The van der Waals surface area contributed by atoms with Crippen molar-refractivity contribution >= 4 is 11.9 Å². The van der Waals surface area contributed by atoms with Gasteiger partial charge in [0.05, 0.1) is 11.7 Å². The molecule has 226 valence electrons. The first-order valence-electron chi connectivity index (χ1n) is 14.0. The van der Waals surface area contributed by atoms with Gasteiger partial charge in [-0.05, 0) is 27.2 Å². The number of aliphatic imine (C=N–C) groups is 1. The highest BCUT2D eigenvalue weighted by Gasteiger charge is 2.33. The van der Waals surface area contributed by atoms with Crippen molar-refractivity contribution in [3.05, 3.63) is 49.1 Å². The summed E-state index contributed by atoms with van der Waals surface area (Å²) >= 11 is 0. The Labute approximate surface area is 240 Å². The zero-order valence-electron chi connectivity index (χ0n) is 25.4. The molecule has 0 aromatic heterocycles. The number of rotatable bonds is 11. The van der Waals surface area contributed by atoms with Crippen molar-refractivity contribution in [1.29, 1.82) is 5.41 Å². The van der Waals surface area contributed by atoms with Gasteiger partial charge in [0, 0.05) is 81.2 Å². The molecule has 0 bridgehead atoms. The number of nitrogens with zero attached hydrogens (tertiary/aromatic N) is 5. The van der Waals surface area contributed by atoms with Gasteiger partial charge < -0.3 is 25.3 Å². The van der Waals surface area contributed by atoms with Gasteiger partial charge in [0.2, 0.25) is 11.9 Å². The lowest BCUT2D eigenvalue weighted by Crippen LogP contribution is -2.49. The van der Waals surface area contributed by atoms with E-state index >= 15 is 0 Å². The maximum absolute atomic E-state index is 10.1. The van der Waals surface area contributed by atoms with Crippen molar-refractivity contribution in [1.82, 2.24) is 25.2 Å². The van der Waals surface area contributed by atoms with Crippen molar-refractivity contribution in [3.8, 4) is 0 Å². The van der Waals surface area contributed by atoms with Gasteiger partial charge in [0.25, 0.3) is 0 Å². The van der Waals surface area contributed by atoms with Crippen LogP contribution in [0.5, 0.6) is 0 Å².